The fourth-order valence-corrected chi connectivity index (χ4v) is 2.90. The SMILES string of the molecule is O=C(CCn1nnc2ccccc2c1=O)NCc1nc(-c2cccc(Cl)c2)no1. The summed E-state index contributed by atoms with van der Waals surface area (Å²) in [6, 6.07) is 14.0. The minimum absolute atomic E-state index is 0.0578. The van der Waals surface area contributed by atoms with Crippen molar-refractivity contribution in [2.45, 2.75) is 19.5 Å². The lowest BCUT2D eigenvalue weighted by Gasteiger charge is -2.05. The molecule has 2 aromatic heterocycles. The van der Waals surface area contributed by atoms with Gasteiger partial charge in [0.05, 0.1) is 18.5 Å². The highest BCUT2D eigenvalue weighted by atomic mass is 35.5. The number of hydrogen-bond donors (Lipinski definition) is 1. The van der Waals surface area contributed by atoms with Crippen LogP contribution in [-0.2, 0) is 17.9 Å². The van der Waals surface area contributed by atoms with Gasteiger partial charge >= 0.3 is 0 Å². The number of aromatic nitrogens is 5. The van der Waals surface area contributed by atoms with E-state index in [2.05, 4.69) is 25.8 Å². The number of nitrogens with one attached hydrogen (secondary N) is 1. The number of benzene rings is 2. The maximum absolute atomic E-state index is 12.4. The van der Waals surface area contributed by atoms with Crippen molar-refractivity contribution < 1.29 is 9.32 Å². The molecule has 0 saturated carbocycles. The first-order valence-corrected chi connectivity index (χ1v) is 9.16. The molecule has 0 radical (unpaired) electrons. The van der Waals surface area contributed by atoms with Gasteiger partial charge in [0.25, 0.3) is 5.56 Å². The summed E-state index contributed by atoms with van der Waals surface area (Å²) in [4.78, 5) is 28.7. The van der Waals surface area contributed by atoms with E-state index in [4.69, 9.17) is 16.1 Å². The molecular weight excluding hydrogens is 396 g/mol. The molecule has 2 aromatic carbocycles. The topological polar surface area (TPSA) is 116 Å². The van der Waals surface area contributed by atoms with E-state index in [1.807, 2.05) is 0 Å². The monoisotopic (exact) mass is 410 g/mol. The van der Waals surface area contributed by atoms with Gasteiger partial charge in [-0.3, -0.25) is 9.59 Å². The lowest BCUT2D eigenvalue weighted by atomic mass is 10.2. The predicted molar refractivity (Wildman–Crippen MR) is 105 cm³/mol. The quantitative estimate of drug-likeness (QED) is 0.518. The van der Waals surface area contributed by atoms with Crippen molar-refractivity contribution in [3.8, 4) is 11.4 Å². The van der Waals surface area contributed by atoms with Gasteiger partial charge in [0.15, 0.2) is 0 Å². The van der Waals surface area contributed by atoms with Gasteiger partial charge in [-0.1, -0.05) is 46.2 Å². The van der Waals surface area contributed by atoms with E-state index in [9.17, 15) is 9.59 Å². The van der Waals surface area contributed by atoms with E-state index >= 15 is 0 Å². The van der Waals surface area contributed by atoms with Crippen molar-refractivity contribution in [2.75, 3.05) is 0 Å². The van der Waals surface area contributed by atoms with Crippen LogP contribution in [0.2, 0.25) is 5.02 Å². The predicted octanol–water partition coefficient (Wildman–Crippen LogP) is 2.20. The first-order chi connectivity index (χ1) is 14.1. The zero-order valence-corrected chi connectivity index (χ0v) is 15.8. The summed E-state index contributed by atoms with van der Waals surface area (Å²) in [7, 11) is 0. The summed E-state index contributed by atoms with van der Waals surface area (Å²) in [5.41, 5.74) is 0.949. The molecule has 2 heterocycles. The van der Waals surface area contributed by atoms with Crippen molar-refractivity contribution in [2.24, 2.45) is 0 Å². The summed E-state index contributed by atoms with van der Waals surface area (Å²) in [5, 5.41) is 15.4. The zero-order valence-electron chi connectivity index (χ0n) is 15.1. The van der Waals surface area contributed by atoms with Gasteiger partial charge in [-0.15, -0.1) is 5.10 Å². The summed E-state index contributed by atoms with van der Waals surface area (Å²) in [5.74, 6) is 0.361. The molecule has 0 bridgehead atoms. The average Bonchev–Trinajstić information content (AvgIpc) is 3.21. The molecule has 0 aliphatic heterocycles. The van der Waals surface area contributed by atoms with E-state index in [-0.39, 0.29) is 36.9 Å². The van der Waals surface area contributed by atoms with E-state index in [1.54, 1.807) is 48.5 Å². The number of fused-ring (bicyclic) bond motifs is 1. The van der Waals surface area contributed by atoms with Gasteiger partial charge in [-0.05, 0) is 24.3 Å². The largest absolute Gasteiger partial charge is 0.347 e. The zero-order chi connectivity index (χ0) is 20.2. The number of halogens is 1. The first-order valence-electron chi connectivity index (χ1n) is 8.78. The Hall–Kier alpha value is -3.59. The maximum atomic E-state index is 12.4. The Balaban J connectivity index is 1.34. The van der Waals surface area contributed by atoms with Crippen LogP contribution in [0.3, 0.4) is 0 Å². The Morgan fingerprint density at radius 2 is 2.03 bits per heavy atom. The van der Waals surface area contributed by atoms with Crippen LogP contribution in [0, 0.1) is 0 Å². The Bertz CT molecular complexity index is 1240. The molecular formula is C19H15ClN6O3. The number of carbonyl (C=O) groups excluding carboxylic acids is 1. The molecule has 1 amide bonds. The summed E-state index contributed by atoms with van der Waals surface area (Å²) < 4.78 is 6.32. The van der Waals surface area contributed by atoms with Crippen molar-refractivity contribution in [3.05, 3.63) is 69.8 Å². The van der Waals surface area contributed by atoms with Crippen LogP contribution >= 0.6 is 11.6 Å². The Labute approximate surface area is 169 Å². The smallest absolute Gasteiger partial charge is 0.277 e. The van der Waals surface area contributed by atoms with Crippen molar-refractivity contribution in [1.82, 2.24) is 30.5 Å². The van der Waals surface area contributed by atoms with Gasteiger partial charge < -0.3 is 9.84 Å². The average molecular weight is 411 g/mol. The molecule has 10 heteroatoms. The molecule has 9 nitrogen and oxygen atoms in total. The second kappa shape index (κ2) is 8.19. The lowest BCUT2D eigenvalue weighted by molar-refractivity contribution is -0.121. The molecule has 0 aliphatic rings. The molecule has 0 spiro atoms. The van der Waals surface area contributed by atoms with Crippen molar-refractivity contribution in [3.63, 3.8) is 0 Å². The van der Waals surface area contributed by atoms with Crippen molar-refractivity contribution in [1.29, 1.82) is 0 Å². The van der Waals surface area contributed by atoms with Crippen LogP contribution < -0.4 is 10.9 Å². The fourth-order valence-electron chi connectivity index (χ4n) is 2.71. The van der Waals surface area contributed by atoms with Gasteiger partial charge in [0, 0.05) is 17.0 Å². The van der Waals surface area contributed by atoms with Crippen molar-refractivity contribution >= 4 is 28.4 Å². The summed E-state index contributed by atoms with van der Waals surface area (Å²) >= 11 is 5.96. The summed E-state index contributed by atoms with van der Waals surface area (Å²) in [6.45, 7) is 0.185. The Kier molecular flexibility index (Phi) is 5.30. The molecule has 0 unspecified atom stereocenters. The Morgan fingerprint density at radius 3 is 2.90 bits per heavy atom. The highest BCUT2D eigenvalue weighted by Crippen LogP contribution is 2.19. The standard InChI is InChI=1S/C19H15ClN6O3/c20-13-5-3-4-12(10-13)18-22-17(29-24-18)11-21-16(27)8-9-26-19(28)14-6-1-2-7-15(14)23-25-26/h1-7,10H,8-9,11H2,(H,21,27). The first kappa shape index (κ1) is 18.8. The molecule has 4 rings (SSSR count). The normalized spacial score (nSPS) is 10.9. The third kappa shape index (κ3) is 4.30. The number of amides is 1. The second-order valence-electron chi connectivity index (χ2n) is 6.18. The Morgan fingerprint density at radius 1 is 1.17 bits per heavy atom. The fraction of sp³-hybridized carbons (Fsp3) is 0.158. The van der Waals surface area contributed by atoms with Crippen LogP contribution in [0.5, 0.6) is 0 Å². The molecule has 0 saturated heterocycles. The molecule has 0 aliphatic carbocycles. The number of carbonyl (C=O) groups is 1. The minimum Gasteiger partial charge on any atom is -0.347 e. The van der Waals surface area contributed by atoms with Gasteiger partial charge in [-0.2, -0.15) is 4.98 Å². The molecule has 0 fully saturated rings. The number of hydrogen-bond acceptors (Lipinski definition) is 7. The maximum Gasteiger partial charge on any atom is 0.277 e. The van der Waals surface area contributed by atoms with Crippen LogP contribution in [0.25, 0.3) is 22.3 Å². The van der Waals surface area contributed by atoms with Gasteiger partial charge in [-0.25, -0.2) is 4.68 Å². The number of rotatable bonds is 6. The van der Waals surface area contributed by atoms with Crippen LogP contribution in [0.15, 0.2) is 57.8 Å². The minimum atomic E-state index is -0.286. The lowest BCUT2D eigenvalue weighted by Crippen LogP contribution is -2.29. The molecule has 1 N–H and O–H groups in total. The van der Waals surface area contributed by atoms with E-state index in [0.29, 0.717) is 27.3 Å². The van der Waals surface area contributed by atoms with E-state index < -0.39 is 0 Å². The number of aryl methyl sites for hydroxylation is 1. The highest BCUT2D eigenvalue weighted by molar-refractivity contribution is 6.30. The van der Waals surface area contributed by atoms with Gasteiger partial charge in [0.2, 0.25) is 17.6 Å². The molecule has 146 valence electrons. The van der Waals surface area contributed by atoms with Crippen LogP contribution in [0.1, 0.15) is 12.3 Å². The molecule has 29 heavy (non-hydrogen) atoms. The van der Waals surface area contributed by atoms with Crippen LogP contribution in [-0.4, -0.2) is 31.0 Å². The molecule has 0 atom stereocenters. The molecule has 4 aromatic rings. The third-order valence-electron chi connectivity index (χ3n) is 4.17. The second-order valence-corrected chi connectivity index (χ2v) is 6.62. The summed E-state index contributed by atoms with van der Waals surface area (Å²) in [6.07, 6.45) is 0.0578. The highest BCUT2D eigenvalue weighted by Gasteiger charge is 2.11. The van der Waals surface area contributed by atoms with E-state index in [1.165, 1.54) is 4.68 Å². The van der Waals surface area contributed by atoms with Crippen LogP contribution in [0.4, 0.5) is 0 Å². The third-order valence-corrected chi connectivity index (χ3v) is 4.40. The van der Waals surface area contributed by atoms with E-state index in [0.717, 1.165) is 0 Å². The van der Waals surface area contributed by atoms with Gasteiger partial charge in [0.1, 0.15) is 5.52 Å². The number of nitrogens with zero attached hydrogens (tertiary/aromatic N) is 5.